The Kier molecular flexibility index (Phi) is 7.22. The largest absolute Gasteiger partial charge is 0.465 e. The molecule has 4 atom stereocenters. The zero-order chi connectivity index (χ0) is 28.6. The molecule has 12 heteroatoms. The first kappa shape index (κ1) is 27.0. The lowest BCUT2D eigenvalue weighted by Gasteiger charge is -2.24. The van der Waals surface area contributed by atoms with E-state index < -0.39 is 36.3 Å². The van der Waals surface area contributed by atoms with Crippen LogP contribution in [0.2, 0.25) is 0 Å². The number of anilines is 1. The van der Waals surface area contributed by atoms with Crippen LogP contribution in [0.4, 0.5) is 5.82 Å². The van der Waals surface area contributed by atoms with Crippen LogP contribution in [0.5, 0.6) is 0 Å². The van der Waals surface area contributed by atoms with E-state index in [1.54, 1.807) is 53.4 Å². The predicted molar refractivity (Wildman–Crippen MR) is 145 cm³/mol. The van der Waals surface area contributed by atoms with Gasteiger partial charge in [0, 0.05) is 5.56 Å². The van der Waals surface area contributed by atoms with E-state index in [0.717, 1.165) is 5.56 Å². The van der Waals surface area contributed by atoms with Crippen molar-refractivity contribution >= 4 is 28.9 Å². The second-order valence-electron chi connectivity index (χ2n) is 10.2. The molecule has 2 aliphatic rings. The fourth-order valence-corrected chi connectivity index (χ4v) is 5.11. The number of methoxy groups -OCH3 is 1. The summed E-state index contributed by atoms with van der Waals surface area (Å²) in [6, 6.07) is 15.9. The number of fused-ring (bicyclic) bond motifs is 2. The molecule has 1 amide bonds. The van der Waals surface area contributed by atoms with Gasteiger partial charge in [-0.15, -0.1) is 0 Å². The number of imidazole rings is 1. The number of carbonyl (C=O) groups is 2. The van der Waals surface area contributed by atoms with E-state index >= 15 is 0 Å². The number of nitrogens with zero attached hydrogens (tertiary/aromatic N) is 4. The molecule has 6 rings (SSSR count). The van der Waals surface area contributed by atoms with Crippen LogP contribution < -0.4 is 5.32 Å². The Bertz CT molecular complexity index is 1570. The van der Waals surface area contributed by atoms with E-state index in [1.807, 2.05) is 26.0 Å². The van der Waals surface area contributed by atoms with Gasteiger partial charge in [0.25, 0.3) is 5.91 Å². The number of hydrogen-bond acceptors (Lipinski definition) is 10. The summed E-state index contributed by atoms with van der Waals surface area (Å²) < 4.78 is 31.4. The highest BCUT2D eigenvalue weighted by Crippen LogP contribution is 2.44. The minimum atomic E-state index is -0.829. The summed E-state index contributed by atoms with van der Waals surface area (Å²) in [6.45, 7) is 4.19. The van der Waals surface area contributed by atoms with Crippen molar-refractivity contribution < 1.29 is 33.3 Å². The monoisotopic (exact) mass is 559 g/mol. The molecule has 4 heterocycles. The number of carbonyl (C=O) groups excluding carboxylic acids is 2. The van der Waals surface area contributed by atoms with Crippen molar-refractivity contribution in [3.05, 3.63) is 83.9 Å². The first-order chi connectivity index (χ1) is 19.8. The van der Waals surface area contributed by atoms with E-state index in [2.05, 4.69) is 20.3 Å². The minimum absolute atomic E-state index is 0.222. The van der Waals surface area contributed by atoms with E-state index in [-0.39, 0.29) is 24.9 Å². The molecule has 2 saturated heterocycles. The molecule has 2 aliphatic heterocycles. The number of esters is 1. The molecule has 4 aromatic rings. The van der Waals surface area contributed by atoms with Crippen LogP contribution in [0.1, 0.15) is 46.4 Å². The molecule has 0 saturated carbocycles. The van der Waals surface area contributed by atoms with Gasteiger partial charge in [0.05, 0.1) is 32.2 Å². The third-order valence-electron chi connectivity index (χ3n) is 6.93. The maximum Gasteiger partial charge on any atom is 0.337 e. The van der Waals surface area contributed by atoms with Gasteiger partial charge in [0.15, 0.2) is 29.0 Å². The number of hydrogen-bond donors (Lipinski definition) is 1. The topological polar surface area (TPSA) is 136 Å². The second kappa shape index (κ2) is 11.0. The van der Waals surface area contributed by atoms with Crippen LogP contribution >= 0.6 is 0 Å². The van der Waals surface area contributed by atoms with Crippen molar-refractivity contribution in [2.45, 2.75) is 50.8 Å². The van der Waals surface area contributed by atoms with Gasteiger partial charge in [-0.3, -0.25) is 9.36 Å². The quantitative estimate of drug-likeness (QED) is 0.320. The highest BCUT2D eigenvalue weighted by atomic mass is 16.8. The van der Waals surface area contributed by atoms with E-state index in [9.17, 15) is 9.59 Å². The molecule has 2 aromatic carbocycles. The molecule has 41 heavy (non-hydrogen) atoms. The Labute approximate surface area is 235 Å². The van der Waals surface area contributed by atoms with Crippen LogP contribution in [0, 0.1) is 0 Å². The van der Waals surface area contributed by atoms with Crippen molar-refractivity contribution in [2.75, 3.05) is 19.0 Å². The van der Waals surface area contributed by atoms with Crippen LogP contribution in [0.25, 0.3) is 11.2 Å². The Morgan fingerprint density at radius 3 is 2.59 bits per heavy atom. The molecular weight excluding hydrogens is 530 g/mol. The summed E-state index contributed by atoms with van der Waals surface area (Å²) in [5, 5.41) is 2.82. The standard InChI is InChI=1S/C29H29N5O7/c1-29(2)40-22-20(14-38-13-17-8-7-11-19(12-17)28(36)37-3)39-27(23(22)41-29)34-16-32-21-24(30-15-31-25(21)34)33-26(35)18-9-5-4-6-10-18/h4-12,15-16,20,22-23,27H,13-14H2,1-3H3,(H,30,31,33,35)/t20-,22-,23-,27-/m1/s1. The number of benzene rings is 2. The van der Waals surface area contributed by atoms with Gasteiger partial charge >= 0.3 is 5.97 Å². The third-order valence-corrected chi connectivity index (χ3v) is 6.93. The lowest BCUT2D eigenvalue weighted by molar-refractivity contribution is -0.202. The summed E-state index contributed by atoms with van der Waals surface area (Å²) >= 11 is 0. The van der Waals surface area contributed by atoms with Crippen molar-refractivity contribution in [3.8, 4) is 0 Å². The van der Waals surface area contributed by atoms with E-state index in [4.69, 9.17) is 23.7 Å². The van der Waals surface area contributed by atoms with Gasteiger partial charge in [0.1, 0.15) is 24.6 Å². The lowest BCUT2D eigenvalue weighted by atomic mass is 10.1. The van der Waals surface area contributed by atoms with Gasteiger partial charge < -0.3 is 29.0 Å². The highest BCUT2D eigenvalue weighted by molar-refractivity contribution is 6.06. The minimum Gasteiger partial charge on any atom is -0.465 e. The third kappa shape index (κ3) is 5.42. The zero-order valence-corrected chi connectivity index (χ0v) is 22.7. The van der Waals surface area contributed by atoms with Crippen molar-refractivity contribution in [3.63, 3.8) is 0 Å². The molecule has 0 radical (unpaired) electrons. The maximum absolute atomic E-state index is 12.8. The summed E-state index contributed by atoms with van der Waals surface area (Å²) in [5.74, 6) is -1.25. The highest BCUT2D eigenvalue weighted by Gasteiger charge is 2.56. The Balaban J connectivity index is 1.20. The summed E-state index contributed by atoms with van der Waals surface area (Å²) in [5.41, 5.74) is 2.67. The predicted octanol–water partition coefficient (Wildman–Crippen LogP) is 3.50. The Morgan fingerprint density at radius 1 is 1.00 bits per heavy atom. The fraction of sp³-hybridized carbons (Fsp3) is 0.345. The van der Waals surface area contributed by atoms with Gasteiger partial charge in [-0.2, -0.15) is 0 Å². The molecule has 0 spiro atoms. The van der Waals surface area contributed by atoms with Crippen molar-refractivity contribution in [1.82, 2.24) is 19.5 Å². The number of nitrogens with one attached hydrogen (secondary N) is 1. The molecule has 0 unspecified atom stereocenters. The van der Waals surface area contributed by atoms with Crippen LogP contribution in [0.3, 0.4) is 0 Å². The second-order valence-corrected chi connectivity index (χ2v) is 10.2. The number of ether oxygens (including phenoxy) is 5. The first-order valence-electron chi connectivity index (χ1n) is 13.1. The van der Waals surface area contributed by atoms with Crippen molar-refractivity contribution in [1.29, 1.82) is 0 Å². The average molecular weight is 560 g/mol. The fourth-order valence-electron chi connectivity index (χ4n) is 5.11. The van der Waals surface area contributed by atoms with Crippen molar-refractivity contribution in [2.24, 2.45) is 0 Å². The normalized spacial score (nSPS) is 22.9. The van der Waals surface area contributed by atoms with Gasteiger partial charge in [-0.05, 0) is 43.7 Å². The van der Waals surface area contributed by atoms with Crippen LogP contribution in [0.15, 0.2) is 67.3 Å². The zero-order valence-electron chi connectivity index (χ0n) is 22.7. The molecule has 2 aromatic heterocycles. The van der Waals surface area contributed by atoms with Crippen LogP contribution in [-0.4, -0.2) is 69.2 Å². The summed E-state index contributed by atoms with van der Waals surface area (Å²) in [4.78, 5) is 37.8. The SMILES string of the molecule is COC(=O)c1cccc(COC[C@H]2O[C@@H](n3cnc4c(NC(=O)c5ccccc5)ncnc43)[C@@H]3OC(C)(C)O[C@@H]32)c1. The van der Waals surface area contributed by atoms with Gasteiger partial charge in [0.2, 0.25) is 0 Å². The molecule has 212 valence electrons. The lowest BCUT2D eigenvalue weighted by Crippen LogP contribution is -2.32. The smallest absolute Gasteiger partial charge is 0.337 e. The molecular formula is C29H29N5O7. The average Bonchev–Trinajstić information content (AvgIpc) is 3.64. The molecule has 2 fully saturated rings. The summed E-state index contributed by atoms with van der Waals surface area (Å²) in [6.07, 6.45) is 1.02. The molecule has 0 bridgehead atoms. The number of amides is 1. The van der Waals surface area contributed by atoms with Gasteiger partial charge in [-0.1, -0.05) is 30.3 Å². The van der Waals surface area contributed by atoms with Crippen LogP contribution in [-0.2, 0) is 30.3 Å². The maximum atomic E-state index is 12.8. The Morgan fingerprint density at radius 2 is 1.78 bits per heavy atom. The van der Waals surface area contributed by atoms with Gasteiger partial charge in [-0.25, -0.2) is 19.7 Å². The molecule has 0 aliphatic carbocycles. The number of rotatable bonds is 8. The molecule has 1 N–H and O–H groups in total. The Hall–Kier alpha value is -4.23. The molecule has 12 nitrogen and oxygen atoms in total. The first-order valence-corrected chi connectivity index (χ1v) is 13.1. The number of aromatic nitrogens is 4. The van der Waals surface area contributed by atoms with E-state index in [1.165, 1.54) is 13.4 Å². The summed E-state index contributed by atoms with van der Waals surface area (Å²) in [7, 11) is 1.35. The van der Waals surface area contributed by atoms with E-state index in [0.29, 0.717) is 22.3 Å².